The molecular formula is C17H17NO3. The van der Waals surface area contributed by atoms with Crippen molar-refractivity contribution in [3.8, 4) is 5.75 Å². The molecule has 1 saturated carbocycles. The molecule has 0 saturated heterocycles. The number of hydrogen-bond acceptors (Lipinski definition) is 3. The molecule has 0 aromatic heterocycles. The minimum atomic E-state index is -0.413. The summed E-state index contributed by atoms with van der Waals surface area (Å²) < 4.78 is 5.25. The molecular weight excluding hydrogens is 266 g/mol. The molecule has 0 aliphatic heterocycles. The van der Waals surface area contributed by atoms with E-state index in [0.717, 1.165) is 24.0 Å². The molecule has 0 radical (unpaired) electrons. The van der Waals surface area contributed by atoms with E-state index in [1.165, 1.54) is 0 Å². The maximum absolute atomic E-state index is 11.9. The zero-order valence-electron chi connectivity index (χ0n) is 11.6. The average molecular weight is 283 g/mol. The third kappa shape index (κ3) is 3.16. The van der Waals surface area contributed by atoms with Gasteiger partial charge in [0.2, 0.25) is 0 Å². The Morgan fingerprint density at radius 2 is 1.76 bits per heavy atom. The summed E-state index contributed by atoms with van der Waals surface area (Å²) in [6.07, 6.45) is 1.36. The molecule has 108 valence electrons. The molecule has 2 aromatic rings. The predicted molar refractivity (Wildman–Crippen MR) is 78.8 cm³/mol. The van der Waals surface area contributed by atoms with E-state index in [1.807, 2.05) is 42.5 Å². The Labute approximate surface area is 123 Å². The zero-order chi connectivity index (χ0) is 14.7. The van der Waals surface area contributed by atoms with Crippen LogP contribution in [0.15, 0.2) is 54.6 Å². The van der Waals surface area contributed by atoms with Gasteiger partial charge < -0.3 is 15.2 Å². The summed E-state index contributed by atoms with van der Waals surface area (Å²) in [5.41, 5.74) is 1.63. The van der Waals surface area contributed by atoms with Gasteiger partial charge in [0.1, 0.15) is 12.4 Å². The summed E-state index contributed by atoms with van der Waals surface area (Å²) in [6, 6.07) is 16.5. The van der Waals surface area contributed by atoms with Crippen LogP contribution in [0.2, 0.25) is 0 Å². The van der Waals surface area contributed by atoms with Crippen LogP contribution < -0.4 is 5.32 Å². The lowest BCUT2D eigenvalue weighted by Crippen LogP contribution is -2.35. The third-order valence-electron chi connectivity index (χ3n) is 3.72. The second-order valence-corrected chi connectivity index (χ2v) is 5.32. The highest BCUT2D eigenvalue weighted by atomic mass is 16.5. The standard InChI is InChI=1S/C17H17NO3/c19-15-8-6-14(7-9-15)17(10-11-17)18-16(20)21-12-13-4-2-1-3-5-13/h1-9,19H,10-12H2,(H,18,20). The molecule has 0 unspecified atom stereocenters. The van der Waals surface area contributed by atoms with Crippen LogP contribution in [-0.4, -0.2) is 11.2 Å². The van der Waals surface area contributed by atoms with Crippen LogP contribution in [0.5, 0.6) is 5.75 Å². The van der Waals surface area contributed by atoms with Crippen molar-refractivity contribution in [3.05, 3.63) is 65.7 Å². The molecule has 0 bridgehead atoms. The van der Waals surface area contributed by atoms with Crippen molar-refractivity contribution in [2.45, 2.75) is 25.0 Å². The lowest BCUT2D eigenvalue weighted by molar-refractivity contribution is 0.134. The normalized spacial score (nSPS) is 15.2. The summed E-state index contributed by atoms with van der Waals surface area (Å²) in [5, 5.41) is 12.3. The van der Waals surface area contributed by atoms with E-state index in [9.17, 15) is 9.90 Å². The summed E-state index contributed by atoms with van der Waals surface area (Å²) in [4.78, 5) is 11.9. The van der Waals surface area contributed by atoms with Gasteiger partial charge in [-0.25, -0.2) is 4.79 Å². The molecule has 3 rings (SSSR count). The molecule has 1 amide bonds. The summed E-state index contributed by atoms with van der Waals surface area (Å²) in [7, 11) is 0. The molecule has 2 N–H and O–H groups in total. The lowest BCUT2D eigenvalue weighted by atomic mass is 10.1. The summed E-state index contributed by atoms with van der Waals surface area (Å²) in [5.74, 6) is 0.223. The van der Waals surface area contributed by atoms with Crippen molar-refractivity contribution in [2.75, 3.05) is 0 Å². The molecule has 0 atom stereocenters. The Bertz CT molecular complexity index is 618. The zero-order valence-corrected chi connectivity index (χ0v) is 11.6. The van der Waals surface area contributed by atoms with E-state index in [1.54, 1.807) is 12.1 Å². The number of nitrogens with one attached hydrogen (secondary N) is 1. The first-order valence-corrected chi connectivity index (χ1v) is 6.96. The van der Waals surface area contributed by atoms with Gasteiger partial charge in [0, 0.05) is 0 Å². The first-order valence-electron chi connectivity index (χ1n) is 6.96. The van der Waals surface area contributed by atoms with E-state index in [0.29, 0.717) is 0 Å². The van der Waals surface area contributed by atoms with E-state index < -0.39 is 6.09 Å². The summed E-state index contributed by atoms with van der Waals surface area (Å²) >= 11 is 0. The number of carbonyl (C=O) groups excluding carboxylic acids is 1. The Kier molecular flexibility index (Phi) is 3.52. The van der Waals surface area contributed by atoms with E-state index in [4.69, 9.17) is 4.74 Å². The van der Waals surface area contributed by atoms with E-state index >= 15 is 0 Å². The molecule has 21 heavy (non-hydrogen) atoms. The molecule has 4 nitrogen and oxygen atoms in total. The topological polar surface area (TPSA) is 58.6 Å². The van der Waals surface area contributed by atoms with Crippen molar-refractivity contribution in [1.29, 1.82) is 0 Å². The molecule has 1 aliphatic carbocycles. The molecule has 4 heteroatoms. The Morgan fingerprint density at radius 1 is 1.10 bits per heavy atom. The second-order valence-electron chi connectivity index (χ2n) is 5.32. The number of rotatable bonds is 4. The lowest BCUT2D eigenvalue weighted by Gasteiger charge is -2.18. The number of hydrogen-bond donors (Lipinski definition) is 2. The van der Waals surface area contributed by atoms with Gasteiger partial charge in [0.15, 0.2) is 0 Å². The van der Waals surface area contributed by atoms with Crippen LogP contribution in [0.1, 0.15) is 24.0 Å². The number of aromatic hydroxyl groups is 1. The number of alkyl carbamates (subject to hydrolysis) is 1. The molecule has 1 fully saturated rings. The van der Waals surface area contributed by atoms with Crippen LogP contribution in [0.25, 0.3) is 0 Å². The number of amides is 1. The van der Waals surface area contributed by atoms with Crippen LogP contribution >= 0.6 is 0 Å². The highest BCUT2D eigenvalue weighted by Gasteiger charge is 2.46. The number of ether oxygens (including phenoxy) is 1. The van der Waals surface area contributed by atoms with Gasteiger partial charge in [-0.3, -0.25) is 0 Å². The Hall–Kier alpha value is -2.49. The van der Waals surface area contributed by atoms with Crippen molar-refractivity contribution in [3.63, 3.8) is 0 Å². The summed E-state index contributed by atoms with van der Waals surface area (Å²) in [6.45, 7) is 0.262. The highest BCUT2D eigenvalue weighted by molar-refractivity contribution is 5.69. The molecule has 2 aromatic carbocycles. The molecule has 1 aliphatic rings. The van der Waals surface area contributed by atoms with Gasteiger partial charge in [0.05, 0.1) is 5.54 Å². The van der Waals surface area contributed by atoms with Crippen molar-refractivity contribution >= 4 is 6.09 Å². The Morgan fingerprint density at radius 3 is 2.38 bits per heavy atom. The first kappa shape index (κ1) is 13.5. The number of benzene rings is 2. The van der Waals surface area contributed by atoms with Gasteiger partial charge in [0.25, 0.3) is 0 Å². The van der Waals surface area contributed by atoms with Gasteiger partial charge in [-0.2, -0.15) is 0 Å². The second kappa shape index (κ2) is 5.48. The fraction of sp³-hybridized carbons (Fsp3) is 0.235. The third-order valence-corrected chi connectivity index (χ3v) is 3.72. The van der Waals surface area contributed by atoms with Crippen molar-refractivity contribution in [2.24, 2.45) is 0 Å². The maximum atomic E-state index is 11.9. The molecule has 0 heterocycles. The molecule has 0 spiro atoms. The fourth-order valence-corrected chi connectivity index (χ4v) is 2.35. The van der Waals surface area contributed by atoms with E-state index in [2.05, 4.69) is 5.32 Å². The van der Waals surface area contributed by atoms with Crippen LogP contribution in [0.3, 0.4) is 0 Å². The number of carbonyl (C=O) groups is 1. The predicted octanol–water partition coefficient (Wildman–Crippen LogP) is 3.31. The highest BCUT2D eigenvalue weighted by Crippen LogP contribution is 2.45. The van der Waals surface area contributed by atoms with Crippen LogP contribution in [0, 0.1) is 0 Å². The van der Waals surface area contributed by atoms with E-state index in [-0.39, 0.29) is 17.9 Å². The quantitative estimate of drug-likeness (QED) is 0.905. The minimum Gasteiger partial charge on any atom is -0.508 e. The van der Waals surface area contributed by atoms with Gasteiger partial charge in [-0.05, 0) is 36.1 Å². The van der Waals surface area contributed by atoms with Crippen LogP contribution in [0.4, 0.5) is 4.79 Å². The Balaban J connectivity index is 1.58. The number of phenolic OH excluding ortho intramolecular Hbond substituents is 1. The van der Waals surface area contributed by atoms with Gasteiger partial charge in [-0.15, -0.1) is 0 Å². The van der Waals surface area contributed by atoms with Crippen LogP contribution in [-0.2, 0) is 16.9 Å². The maximum Gasteiger partial charge on any atom is 0.408 e. The average Bonchev–Trinajstić information content (AvgIpc) is 3.27. The smallest absolute Gasteiger partial charge is 0.408 e. The minimum absolute atomic E-state index is 0.223. The number of phenols is 1. The van der Waals surface area contributed by atoms with Crippen molar-refractivity contribution < 1.29 is 14.6 Å². The van der Waals surface area contributed by atoms with Gasteiger partial charge in [-0.1, -0.05) is 42.5 Å². The fourth-order valence-electron chi connectivity index (χ4n) is 2.35. The van der Waals surface area contributed by atoms with Gasteiger partial charge >= 0.3 is 6.09 Å². The largest absolute Gasteiger partial charge is 0.508 e. The van der Waals surface area contributed by atoms with Crippen molar-refractivity contribution in [1.82, 2.24) is 5.32 Å². The SMILES string of the molecule is O=C(NC1(c2ccc(O)cc2)CC1)OCc1ccccc1. The first-order chi connectivity index (χ1) is 10.2. The monoisotopic (exact) mass is 283 g/mol.